The normalized spacial score (nSPS) is 21.0. The lowest BCUT2D eigenvalue weighted by Gasteiger charge is -2.30. The maximum absolute atomic E-state index is 13.5. The number of benzene rings is 2. The molecule has 0 aliphatic carbocycles. The van der Waals surface area contributed by atoms with E-state index in [1.165, 1.54) is 29.0 Å². The first-order valence-electron chi connectivity index (χ1n) is 15.0. The van der Waals surface area contributed by atoms with Gasteiger partial charge in [-0.15, -0.1) is 0 Å². The van der Waals surface area contributed by atoms with Crippen molar-refractivity contribution in [2.24, 2.45) is 5.92 Å². The Kier molecular flexibility index (Phi) is 12.7. The standard InChI is InChI=1S/C32H43N5O7S/c1-22(2)19-27-32(42)36(4)23(3)30(40)35-26(20-24-11-7-5-8-12-24)31(41)33-16-17-37(21-28(38)34-27)29(39)15-18-45(43,44)25-13-9-6-10-14-25/h5-14,22-23,26-27H,15-21H2,1-4H3,(H,33,41)(H,34,38)(H,35,40)/t23-,26-,27-/m0/s1. The Morgan fingerprint density at radius 2 is 1.53 bits per heavy atom. The minimum atomic E-state index is -3.76. The van der Waals surface area contributed by atoms with Gasteiger partial charge in [0.15, 0.2) is 9.84 Å². The molecule has 0 bridgehead atoms. The van der Waals surface area contributed by atoms with Crippen LogP contribution in [-0.2, 0) is 40.2 Å². The SMILES string of the molecule is CC(C)C[C@@H]1NC(=O)CN(C(=O)CCS(=O)(=O)c2ccccc2)CCNC(=O)[C@H](Cc2ccccc2)NC(=O)[C@H](C)N(C)C1=O. The largest absolute Gasteiger partial charge is 0.353 e. The lowest BCUT2D eigenvalue weighted by Crippen LogP contribution is -2.57. The molecule has 13 heteroatoms. The topological polar surface area (TPSA) is 162 Å². The van der Waals surface area contributed by atoms with Gasteiger partial charge in [-0.25, -0.2) is 8.42 Å². The van der Waals surface area contributed by atoms with Crippen molar-refractivity contribution in [2.45, 2.75) is 63.1 Å². The zero-order valence-electron chi connectivity index (χ0n) is 26.2. The van der Waals surface area contributed by atoms with Gasteiger partial charge in [0, 0.05) is 33.0 Å². The fraction of sp³-hybridized carbons (Fsp3) is 0.469. The lowest BCUT2D eigenvalue weighted by molar-refractivity contribution is -0.142. The van der Waals surface area contributed by atoms with Crippen LogP contribution in [0, 0.1) is 5.92 Å². The van der Waals surface area contributed by atoms with Crippen molar-refractivity contribution in [3.8, 4) is 0 Å². The Morgan fingerprint density at radius 1 is 0.911 bits per heavy atom. The summed E-state index contributed by atoms with van der Waals surface area (Å²) >= 11 is 0. The molecule has 1 fully saturated rings. The Labute approximate surface area is 264 Å². The number of hydrogen-bond acceptors (Lipinski definition) is 7. The van der Waals surface area contributed by atoms with Crippen molar-refractivity contribution >= 4 is 39.4 Å². The summed E-state index contributed by atoms with van der Waals surface area (Å²) in [6.45, 7) is 4.70. The zero-order chi connectivity index (χ0) is 33.1. The van der Waals surface area contributed by atoms with Gasteiger partial charge in [0.2, 0.25) is 29.5 Å². The summed E-state index contributed by atoms with van der Waals surface area (Å²) in [5, 5.41) is 8.19. The van der Waals surface area contributed by atoms with Crippen molar-refractivity contribution in [3.05, 3.63) is 66.2 Å². The zero-order valence-corrected chi connectivity index (χ0v) is 27.0. The third-order valence-corrected chi connectivity index (χ3v) is 9.35. The molecule has 5 amide bonds. The predicted octanol–water partition coefficient (Wildman–Crippen LogP) is 0.914. The van der Waals surface area contributed by atoms with E-state index in [1.807, 2.05) is 44.2 Å². The first kappa shape index (κ1) is 35.2. The minimum Gasteiger partial charge on any atom is -0.353 e. The molecule has 3 N–H and O–H groups in total. The van der Waals surface area contributed by atoms with Gasteiger partial charge in [0.25, 0.3) is 0 Å². The first-order chi connectivity index (χ1) is 21.3. The third kappa shape index (κ3) is 10.4. The van der Waals surface area contributed by atoms with Crippen LogP contribution in [0.2, 0.25) is 0 Å². The Morgan fingerprint density at radius 3 is 2.16 bits per heavy atom. The van der Waals surface area contributed by atoms with Gasteiger partial charge in [-0.3, -0.25) is 24.0 Å². The summed E-state index contributed by atoms with van der Waals surface area (Å²) in [7, 11) is -2.30. The third-order valence-electron chi connectivity index (χ3n) is 7.62. The molecular weight excluding hydrogens is 598 g/mol. The van der Waals surface area contributed by atoms with Gasteiger partial charge in [-0.1, -0.05) is 62.4 Å². The Balaban J connectivity index is 1.87. The van der Waals surface area contributed by atoms with Crippen LogP contribution in [0.15, 0.2) is 65.6 Å². The number of rotatable bonds is 8. The maximum Gasteiger partial charge on any atom is 0.245 e. The summed E-state index contributed by atoms with van der Waals surface area (Å²) in [6, 6.07) is 14.0. The molecule has 12 nitrogen and oxygen atoms in total. The fourth-order valence-corrected chi connectivity index (χ4v) is 6.18. The number of carbonyl (C=O) groups is 5. The highest BCUT2D eigenvalue weighted by Gasteiger charge is 2.33. The number of hydrogen-bond donors (Lipinski definition) is 3. The molecule has 45 heavy (non-hydrogen) atoms. The molecule has 1 aliphatic heterocycles. The highest BCUT2D eigenvalue weighted by atomic mass is 32.2. The van der Waals surface area contributed by atoms with Gasteiger partial charge in [-0.05, 0) is 37.0 Å². The van der Waals surface area contributed by atoms with Crippen molar-refractivity contribution in [3.63, 3.8) is 0 Å². The van der Waals surface area contributed by atoms with Gasteiger partial charge < -0.3 is 25.8 Å². The molecule has 244 valence electrons. The van der Waals surface area contributed by atoms with Crippen molar-refractivity contribution in [1.82, 2.24) is 25.8 Å². The number of nitrogens with zero attached hydrogens (tertiary/aromatic N) is 2. The Hall–Kier alpha value is -4.26. The van der Waals surface area contributed by atoms with Crippen LogP contribution in [0.3, 0.4) is 0 Å². The van der Waals surface area contributed by atoms with E-state index < -0.39 is 69.8 Å². The van der Waals surface area contributed by atoms with E-state index in [2.05, 4.69) is 16.0 Å². The van der Waals surface area contributed by atoms with Crippen LogP contribution in [0.4, 0.5) is 0 Å². The van der Waals surface area contributed by atoms with E-state index in [4.69, 9.17) is 0 Å². The average Bonchev–Trinajstić information content (AvgIpc) is 3.01. The van der Waals surface area contributed by atoms with Crippen molar-refractivity contribution in [1.29, 1.82) is 0 Å². The van der Waals surface area contributed by atoms with E-state index in [0.717, 1.165) is 5.56 Å². The van der Waals surface area contributed by atoms with Gasteiger partial charge >= 0.3 is 0 Å². The molecule has 3 atom stereocenters. The van der Waals surface area contributed by atoms with E-state index in [1.54, 1.807) is 25.1 Å². The van der Waals surface area contributed by atoms with Crippen LogP contribution < -0.4 is 16.0 Å². The molecule has 1 saturated heterocycles. The Bertz CT molecular complexity index is 1450. The van der Waals surface area contributed by atoms with Gasteiger partial charge in [0.1, 0.15) is 18.1 Å². The van der Waals surface area contributed by atoms with E-state index in [9.17, 15) is 32.4 Å². The number of amides is 5. The summed E-state index contributed by atoms with van der Waals surface area (Å²) in [5.41, 5.74) is 0.802. The van der Waals surface area contributed by atoms with Crippen LogP contribution in [0.1, 0.15) is 39.2 Å². The second-order valence-corrected chi connectivity index (χ2v) is 13.7. The molecule has 0 unspecified atom stereocenters. The van der Waals surface area contributed by atoms with Crippen LogP contribution >= 0.6 is 0 Å². The molecule has 1 heterocycles. The first-order valence-corrected chi connectivity index (χ1v) is 16.7. The van der Waals surface area contributed by atoms with E-state index in [-0.39, 0.29) is 43.2 Å². The minimum absolute atomic E-state index is 0.0110. The number of carbonyl (C=O) groups excluding carboxylic acids is 5. The second kappa shape index (κ2) is 16.2. The molecular formula is C32H43N5O7S. The second-order valence-electron chi connectivity index (χ2n) is 11.6. The fourth-order valence-electron chi connectivity index (χ4n) is 4.92. The van der Waals surface area contributed by atoms with Crippen molar-refractivity contribution in [2.75, 3.05) is 32.4 Å². The monoisotopic (exact) mass is 641 g/mol. The van der Waals surface area contributed by atoms with Crippen LogP contribution in [-0.4, -0.2) is 98.3 Å². The summed E-state index contributed by atoms with van der Waals surface area (Å²) in [6.07, 6.45) is 0.0712. The molecule has 1 aliphatic rings. The number of likely N-dealkylation sites (N-methyl/N-ethyl adjacent to an activating group) is 1. The molecule has 3 rings (SSSR count). The quantitative estimate of drug-likeness (QED) is 0.386. The molecule has 2 aromatic rings. The summed E-state index contributed by atoms with van der Waals surface area (Å²) in [4.78, 5) is 69.1. The summed E-state index contributed by atoms with van der Waals surface area (Å²) < 4.78 is 25.6. The predicted molar refractivity (Wildman–Crippen MR) is 168 cm³/mol. The number of nitrogens with one attached hydrogen (secondary N) is 3. The van der Waals surface area contributed by atoms with Gasteiger partial charge in [0.05, 0.1) is 17.2 Å². The molecule has 0 aromatic heterocycles. The molecule has 0 saturated carbocycles. The highest BCUT2D eigenvalue weighted by molar-refractivity contribution is 7.91. The lowest BCUT2D eigenvalue weighted by atomic mass is 10.0. The molecule has 0 spiro atoms. The average molecular weight is 642 g/mol. The van der Waals surface area contributed by atoms with E-state index in [0.29, 0.717) is 0 Å². The highest BCUT2D eigenvalue weighted by Crippen LogP contribution is 2.13. The smallest absolute Gasteiger partial charge is 0.245 e. The van der Waals surface area contributed by atoms with E-state index >= 15 is 0 Å². The summed E-state index contributed by atoms with van der Waals surface area (Å²) in [5.74, 6) is -3.23. The van der Waals surface area contributed by atoms with Crippen LogP contribution in [0.5, 0.6) is 0 Å². The number of sulfone groups is 1. The van der Waals surface area contributed by atoms with Crippen LogP contribution in [0.25, 0.3) is 0 Å². The van der Waals surface area contributed by atoms with Gasteiger partial charge in [-0.2, -0.15) is 0 Å². The molecule has 2 aromatic carbocycles. The maximum atomic E-state index is 13.5. The molecule has 0 radical (unpaired) electrons. The van der Waals surface area contributed by atoms with Crippen molar-refractivity contribution < 1.29 is 32.4 Å².